The Balaban J connectivity index is 2.25. The van der Waals surface area contributed by atoms with Crippen molar-refractivity contribution >= 4 is 28.7 Å². The summed E-state index contributed by atoms with van der Waals surface area (Å²) in [5.41, 5.74) is 7.01. The van der Waals surface area contributed by atoms with Gasteiger partial charge in [0.15, 0.2) is 11.5 Å². The average molecular weight is 380 g/mol. The number of anilines is 2. The lowest BCUT2D eigenvalue weighted by Crippen LogP contribution is -2.31. The highest BCUT2D eigenvalue weighted by Crippen LogP contribution is 2.25. The summed E-state index contributed by atoms with van der Waals surface area (Å²) in [6.07, 6.45) is 0.788. The molecule has 0 saturated carbocycles. The number of pyridine rings is 1. The number of nitrogens with zero attached hydrogens (tertiary/aromatic N) is 3. The molecule has 3 aromatic rings. The Kier molecular flexibility index (Phi) is 6.00. The Bertz CT molecular complexity index is 1030. The minimum Gasteiger partial charge on any atom is -0.373 e. The lowest BCUT2D eigenvalue weighted by atomic mass is 10.0. The molecular formula is C20H24N6O2. The van der Waals surface area contributed by atoms with Gasteiger partial charge in [0.25, 0.3) is 5.56 Å². The van der Waals surface area contributed by atoms with Gasteiger partial charge in [-0.3, -0.25) is 14.2 Å². The molecule has 0 aliphatic rings. The molecule has 0 unspecified atom stereocenters. The van der Waals surface area contributed by atoms with Gasteiger partial charge in [-0.15, -0.1) is 0 Å². The minimum atomic E-state index is -0.394. The molecule has 3 rings (SSSR count). The molecule has 8 nitrogen and oxygen atoms in total. The summed E-state index contributed by atoms with van der Waals surface area (Å²) < 4.78 is 1.61. The zero-order valence-electron chi connectivity index (χ0n) is 16.0. The van der Waals surface area contributed by atoms with Crippen LogP contribution in [0, 0.1) is 0 Å². The van der Waals surface area contributed by atoms with Gasteiger partial charge in [-0.2, -0.15) is 0 Å². The first kappa shape index (κ1) is 19.5. The molecule has 0 saturated heterocycles. The highest BCUT2D eigenvalue weighted by Gasteiger charge is 2.21. The number of amides is 1. The zero-order chi connectivity index (χ0) is 20.1. The second-order valence-corrected chi connectivity index (χ2v) is 6.35. The Labute approximate surface area is 162 Å². The predicted octanol–water partition coefficient (Wildman–Crippen LogP) is 2.12. The number of carbonyl (C=O) groups excluding carboxylic acids is 1. The first-order valence-electron chi connectivity index (χ1n) is 9.25. The molecule has 2 aromatic heterocycles. The van der Waals surface area contributed by atoms with E-state index in [1.54, 1.807) is 23.7 Å². The number of nitrogens with two attached hydrogens (primary N) is 1. The number of carbonyl (C=O) groups is 1. The van der Waals surface area contributed by atoms with Gasteiger partial charge in [-0.1, -0.05) is 37.3 Å². The van der Waals surface area contributed by atoms with Crippen LogP contribution in [0.25, 0.3) is 11.2 Å². The Morgan fingerprint density at radius 1 is 1.18 bits per heavy atom. The fourth-order valence-electron chi connectivity index (χ4n) is 3.16. The highest BCUT2D eigenvalue weighted by molar-refractivity contribution is 5.90. The van der Waals surface area contributed by atoms with Crippen LogP contribution in [-0.4, -0.2) is 34.0 Å². The first-order chi connectivity index (χ1) is 13.6. The van der Waals surface area contributed by atoms with Crippen LogP contribution in [0.3, 0.4) is 0 Å². The van der Waals surface area contributed by atoms with Crippen molar-refractivity contribution < 1.29 is 4.79 Å². The maximum atomic E-state index is 13.3. The maximum Gasteiger partial charge on any atom is 0.295 e. The van der Waals surface area contributed by atoms with E-state index in [0.717, 1.165) is 5.56 Å². The van der Waals surface area contributed by atoms with E-state index in [1.165, 1.54) is 0 Å². The molecule has 0 fully saturated rings. The van der Waals surface area contributed by atoms with E-state index in [1.807, 2.05) is 37.3 Å². The zero-order valence-corrected chi connectivity index (χ0v) is 16.0. The number of benzene rings is 1. The predicted molar refractivity (Wildman–Crippen MR) is 111 cm³/mol. The van der Waals surface area contributed by atoms with Crippen LogP contribution < -0.4 is 21.9 Å². The molecule has 0 bridgehead atoms. The third kappa shape index (κ3) is 3.86. The summed E-state index contributed by atoms with van der Waals surface area (Å²) >= 11 is 0. The van der Waals surface area contributed by atoms with E-state index in [2.05, 4.69) is 20.6 Å². The first-order valence-corrected chi connectivity index (χ1v) is 9.25. The van der Waals surface area contributed by atoms with Gasteiger partial charge in [0, 0.05) is 20.0 Å². The molecule has 0 spiro atoms. The fourth-order valence-corrected chi connectivity index (χ4v) is 3.16. The maximum absolute atomic E-state index is 13.3. The molecule has 4 N–H and O–H groups in total. The van der Waals surface area contributed by atoms with Gasteiger partial charge in [-0.05, 0) is 24.1 Å². The van der Waals surface area contributed by atoms with E-state index in [-0.39, 0.29) is 30.7 Å². The topological polar surface area (TPSA) is 115 Å². The molecule has 0 radical (unpaired) electrons. The molecule has 8 heteroatoms. The molecule has 1 aromatic carbocycles. The smallest absolute Gasteiger partial charge is 0.295 e. The van der Waals surface area contributed by atoms with Crippen molar-refractivity contribution in [2.75, 3.05) is 24.2 Å². The van der Waals surface area contributed by atoms with Gasteiger partial charge in [0.1, 0.15) is 11.3 Å². The summed E-state index contributed by atoms with van der Waals surface area (Å²) in [7, 11) is 1.76. The largest absolute Gasteiger partial charge is 0.373 e. The van der Waals surface area contributed by atoms with Gasteiger partial charge in [0.05, 0.1) is 6.04 Å². The molecule has 146 valence electrons. The van der Waals surface area contributed by atoms with Gasteiger partial charge < -0.3 is 16.4 Å². The van der Waals surface area contributed by atoms with Crippen molar-refractivity contribution in [2.24, 2.45) is 5.73 Å². The molecule has 1 atom stereocenters. The van der Waals surface area contributed by atoms with Crippen molar-refractivity contribution in [2.45, 2.75) is 25.8 Å². The Hall–Kier alpha value is -3.26. The molecule has 0 aliphatic carbocycles. The van der Waals surface area contributed by atoms with E-state index in [9.17, 15) is 9.59 Å². The molecule has 2 heterocycles. The van der Waals surface area contributed by atoms with E-state index >= 15 is 0 Å². The van der Waals surface area contributed by atoms with Crippen LogP contribution in [0.5, 0.6) is 0 Å². The number of hydrogen-bond donors (Lipinski definition) is 3. The summed E-state index contributed by atoms with van der Waals surface area (Å²) in [4.78, 5) is 34.2. The highest BCUT2D eigenvalue weighted by atomic mass is 16.2. The van der Waals surface area contributed by atoms with Crippen LogP contribution >= 0.6 is 0 Å². The van der Waals surface area contributed by atoms with Crippen molar-refractivity contribution in [1.29, 1.82) is 0 Å². The third-order valence-electron chi connectivity index (χ3n) is 4.50. The van der Waals surface area contributed by atoms with Crippen molar-refractivity contribution in [3.8, 4) is 0 Å². The van der Waals surface area contributed by atoms with Crippen LogP contribution in [-0.2, 0) is 4.79 Å². The second-order valence-electron chi connectivity index (χ2n) is 6.35. The number of fused-ring (bicyclic) bond motifs is 1. The summed E-state index contributed by atoms with van der Waals surface area (Å²) in [6, 6.07) is 13.1. The van der Waals surface area contributed by atoms with Crippen LogP contribution in [0.2, 0.25) is 0 Å². The lowest BCUT2D eigenvalue weighted by molar-refractivity contribution is -0.116. The summed E-state index contributed by atoms with van der Waals surface area (Å²) in [6.45, 7) is 2.20. The monoisotopic (exact) mass is 380 g/mol. The molecular weight excluding hydrogens is 356 g/mol. The van der Waals surface area contributed by atoms with Crippen molar-refractivity contribution in [1.82, 2.24) is 14.5 Å². The Morgan fingerprint density at radius 2 is 1.93 bits per heavy atom. The summed E-state index contributed by atoms with van der Waals surface area (Å²) in [5.74, 6) is 0.273. The number of hydrogen-bond acceptors (Lipinski definition) is 6. The quantitative estimate of drug-likeness (QED) is 0.578. The SMILES string of the molecule is CC[C@@H](c1ccccc1)n1c(=O)c(NC(=O)CCN)nc2ccc(NC)nc21. The number of nitrogens with one attached hydrogen (secondary N) is 2. The van der Waals surface area contributed by atoms with Gasteiger partial charge in [-0.25, -0.2) is 9.97 Å². The number of aromatic nitrogens is 3. The fraction of sp³-hybridized carbons (Fsp3) is 0.300. The minimum absolute atomic E-state index is 0.0145. The van der Waals surface area contributed by atoms with E-state index < -0.39 is 5.56 Å². The standard InChI is InChI=1S/C20H24N6O2/c1-3-15(13-7-5-4-6-8-13)26-19-14(9-10-16(22-2)24-19)23-18(20(26)28)25-17(27)11-12-21/h4-10,15H,3,11-12,21H2,1-2H3,(H,22,24)(H,23,25,27)/t15-/m0/s1. The normalized spacial score (nSPS) is 12.0. The van der Waals surface area contributed by atoms with Crippen molar-refractivity contribution in [3.05, 3.63) is 58.4 Å². The summed E-state index contributed by atoms with van der Waals surface area (Å²) in [5, 5.41) is 5.58. The molecule has 0 aliphatic heterocycles. The Morgan fingerprint density at radius 3 is 2.57 bits per heavy atom. The van der Waals surface area contributed by atoms with E-state index in [0.29, 0.717) is 23.4 Å². The molecule has 28 heavy (non-hydrogen) atoms. The van der Waals surface area contributed by atoms with Crippen LogP contribution in [0.1, 0.15) is 31.4 Å². The van der Waals surface area contributed by atoms with E-state index in [4.69, 9.17) is 5.73 Å². The average Bonchev–Trinajstić information content (AvgIpc) is 2.71. The van der Waals surface area contributed by atoms with Crippen LogP contribution in [0.4, 0.5) is 11.6 Å². The molecule has 1 amide bonds. The lowest BCUT2D eigenvalue weighted by Gasteiger charge is -2.21. The van der Waals surface area contributed by atoms with Gasteiger partial charge in [0.2, 0.25) is 5.91 Å². The van der Waals surface area contributed by atoms with Crippen molar-refractivity contribution in [3.63, 3.8) is 0 Å². The third-order valence-corrected chi connectivity index (χ3v) is 4.50. The van der Waals surface area contributed by atoms with Crippen LogP contribution in [0.15, 0.2) is 47.3 Å². The second kappa shape index (κ2) is 8.62. The van der Waals surface area contributed by atoms with Gasteiger partial charge >= 0.3 is 0 Å². The number of rotatable bonds is 7.